The number of ether oxygens (including phenoxy) is 1. The first-order valence-corrected chi connectivity index (χ1v) is 11.7. The zero-order valence-electron chi connectivity index (χ0n) is 18.5. The Labute approximate surface area is 183 Å². The van der Waals surface area contributed by atoms with Crippen molar-refractivity contribution in [3.8, 4) is 5.75 Å². The molecule has 8 heteroatoms. The van der Waals surface area contributed by atoms with E-state index in [9.17, 15) is 4.79 Å². The summed E-state index contributed by atoms with van der Waals surface area (Å²) in [5.74, 6) is 2.61. The monoisotopic (exact) mass is 431 g/mol. The molecule has 1 aliphatic heterocycles. The smallest absolute Gasteiger partial charge is 0.233 e. The van der Waals surface area contributed by atoms with E-state index in [1.54, 1.807) is 0 Å². The van der Waals surface area contributed by atoms with E-state index in [1.165, 1.54) is 17.3 Å². The number of nitrogens with zero attached hydrogens (tertiary/aromatic N) is 5. The molecule has 164 valence electrons. The van der Waals surface area contributed by atoms with Crippen molar-refractivity contribution in [3.63, 3.8) is 0 Å². The van der Waals surface area contributed by atoms with Crippen LogP contribution in [0.1, 0.15) is 32.2 Å². The molecule has 1 fully saturated rings. The third-order valence-corrected chi connectivity index (χ3v) is 6.17. The van der Waals surface area contributed by atoms with Crippen molar-refractivity contribution >= 4 is 17.7 Å². The van der Waals surface area contributed by atoms with E-state index in [0.29, 0.717) is 18.3 Å². The van der Waals surface area contributed by atoms with Gasteiger partial charge in [-0.25, -0.2) is 0 Å². The van der Waals surface area contributed by atoms with Crippen molar-refractivity contribution in [1.82, 2.24) is 24.6 Å². The van der Waals surface area contributed by atoms with E-state index in [1.807, 2.05) is 17.0 Å². The molecule has 2 heterocycles. The largest absolute Gasteiger partial charge is 0.486 e. The number of aromatic nitrogens is 3. The van der Waals surface area contributed by atoms with Gasteiger partial charge >= 0.3 is 0 Å². The van der Waals surface area contributed by atoms with Gasteiger partial charge < -0.3 is 19.1 Å². The van der Waals surface area contributed by atoms with Gasteiger partial charge in [-0.3, -0.25) is 4.79 Å². The van der Waals surface area contributed by atoms with E-state index >= 15 is 0 Å². The van der Waals surface area contributed by atoms with Gasteiger partial charge in [0.25, 0.3) is 0 Å². The van der Waals surface area contributed by atoms with Gasteiger partial charge in [0.2, 0.25) is 5.91 Å². The Morgan fingerprint density at radius 1 is 1.13 bits per heavy atom. The highest BCUT2D eigenvalue weighted by Gasteiger charge is 2.21. The van der Waals surface area contributed by atoms with Crippen LogP contribution in [-0.4, -0.2) is 69.5 Å². The van der Waals surface area contributed by atoms with Crippen molar-refractivity contribution in [2.24, 2.45) is 5.92 Å². The van der Waals surface area contributed by atoms with Gasteiger partial charge in [0, 0.05) is 32.7 Å². The second kappa shape index (κ2) is 10.8. The molecule has 30 heavy (non-hydrogen) atoms. The number of hydrogen-bond acceptors (Lipinski definition) is 6. The lowest BCUT2D eigenvalue weighted by molar-refractivity contribution is -0.129. The minimum Gasteiger partial charge on any atom is -0.486 e. The first-order chi connectivity index (χ1) is 14.5. The number of amides is 1. The summed E-state index contributed by atoms with van der Waals surface area (Å²) in [6.45, 7) is 11.1. The van der Waals surface area contributed by atoms with E-state index < -0.39 is 0 Å². The third kappa shape index (κ3) is 6.22. The number of rotatable bonds is 9. The number of carbonyl (C=O) groups excluding carboxylic acids is 1. The van der Waals surface area contributed by atoms with Crippen molar-refractivity contribution < 1.29 is 9.53 Å². The summed E-state index contributed by atoms with van der Waals surface area (Å²) in [6, 6.07) is 8.15. The summed E-state index contributed by atoms with van der Waals surface area (Å²) in [7, 11) is 2.09. The Hall–Kier alpha value is -2.06. The summed E-state index contributed by atoms with van der Waals surface area (Å²) in [4.78, 5) is 16.8. The number of likely N-dealkylation sites (N-methyl/N-ethyl adjacent to an activating group) is 1. The summed E-state index contributed by atoms with van der Waals surface area (Å²) in [5.41, 5.74) is 1.29. The SMILES string of the molecule is CCc1ccc(OCc2nnc(SCC(=O)N3CCN(C)CC3)n2CC(C)C)cc1. The molecule has 1 aromatic carbocycles. The molecule has 0 spiro atoms. The minimum absolute atomic E-state index is 0.168. The molecule has 1 amide bonds. The number of piperazine rings is 1. The highest BCUT2D eigenvalue weighted by molar-refractivity contribution is 7.99. The second-order valence-electron chi connectivity index (χ2n) is 8.16. The normalized spacial score (nSPS) is 15.0. The molecule has 0 aliphatic carbocycles. The van der Waals surface area contributed by atoms with E-state index in [-0.39, 0.29) is 5.91 Å². The highest BCUT2D eigenvalue weighted by atomic mass is 32.2. The van der Waals surface area contributed by atoms with Gasteiger partial charge in [0.15, 0.2) is 11.0 Å². The number of hydrogen-bond donors (Lipinski definition) is 0. The van der Waals surface area contributed by atoms with Crippen molar-refractivity contribution in [3.05, 3.63) is 35.7 Å². The molecule has 2 aromatic rings. The minimum atomic E-state index is 0.168. The van der Waals surface area contributed by atoms with Crippen LogP contribution >= 0.6 is 11.8 Å². The number of carbonyl (C=O) groups is 1. The van der Waals surface area contributed by atoms with E-state index in [0.717, 1.165) is 55.9 Å². The Morgan fingerprint density at radius 2 is 1.83 bits per heavy atom. The lowest BCUT2D eigenvalue weighted by Crippen LogP contribution is -2.47. The topological polar surface area (TPSA) is 63.5 Å². The van der Waals surface area contributed by atoms with Gasteiger partial charge in [0.05, 0.1) is 5.75 Å². The zero-order chi connectivity index (χ0) is 21.5. The standard InChI is InChI=1S/C22H33N5O2S/c1-5-18-6-8-19(9-7-18)29-15-20-23-24-22(27(20)14-17(2)3)30-16-21(28)26-12-10-25(4)11-13-26/h6-9,17H,5,10-16H2,1-4H3. The van der Waals surface area contributed by atoms with Crippen LogP contribution < -0.4 is 4.74 Å². The summed E-state index contributed by atoms with van der Waals surface area (Å²) in [5, 5.41) is 9.49. The van der Waals surface area contributed by atoms with Crippen LogP contribution in [0.4, 0.5) is 0 Å². The number of benzene rings is 1. The van der Waals surface area contributed by atoms with Crippen LogP contribution in [0, 0.1) is 5.92 Å². The summed E-state index contributed by atoms with van der Waals surface area (Å²) in [6.07, 6.45) is 1.01. The van der Waals surface area contributed by atoms with Crippen LogP contribution in [0.5, 0.6) is 5.75 Å². The molecular formula is C22H33N5O2S. The molecule has 0 radical (unpaired) electrons. The Balaban J connectivity index is 1.61. The Bertz CT molecular complexity index is 813. The van der Waals surface area contributed by atoms with Crippen LogP contribution in [0.2, 0.25) is 0 Å². The van der Waals surface area contributed by atoms with E-state index in [4.69, 9.17) is 4.74 Å². The quantitative estimate of drug-likeness (QED) is 0.569. The maximum absolute atomic E-state index is 12.6. The predicted octanol–water partition coefficient (Wildman–Crippen LogP) is 2.94. The van der Waals surface area contributed by atoms with Gasteiger partial charge in [0.1, 0.15) is 12.4 Å². The molecule has 0 saturated carbocycles. The Kier molecular flexibility index (Phi) is 8.16. The van der Waals surface area contributed by atoms with Gasteiger partial charge in [-0.15, -0.1) is 10.2 Å². The van der Waals surface area contributed by atoms with Crippen LogP contribution in [0.3, 0.4) is 0 Å². The molecular weight excluding hydrogens is 398 g/mol. The molecule has 1 saturated heterocycles. The maximum Gasteiger partial charge on any atom is 0.233 e. The second-order valence-corrected chi connectivity index (χ2v) is 9.10. The first-order valence-electron chi connectivity index (χ1n) is 10.7. The fourth-order valence-electron chi connectivity index (χ4n) is 3.32. The molecule has 0 unspecified atom stereocenters. The lowest BCUT2D eigenvalue weighted by Gasteiger charge is -2.32. The van der Waals surface area contributed by atoms with Gasteiger partial charge in [-0.1, -0.05) is 44.7 Å². The Morgan fingerprint density at radius 3 is 2.47 bits per heavy atom. The molecule has 7 nitrogen and oxygen atoms in total. The van der Waals surface area contributed by atoms with Crippen LogP contribution in [0.15, 0.2) is 29.4 Å². The highest BCUT2D eigenvalue weighted by Crippen LogP contribution is 2.21. The third-order valence-electron chi connectivity index (χ3n) is 5.22. The molecule has 1 aromatic heterocycles. The van der Waals surface area contributed by atoms with Gasteiger partial charge in [-0.2, -0.15) is 0 Å². The summed E-state index contributed by atoms with van der Waals surface area (Å²) >= 11 is 1.47. The fraction of sp³-hybridized carbons (Fsp3) is 0.591. The fourth-order valence-corrected chi connectivity index (χ4v) is 4.19. The number of thioether (sulfide) groups is 1. The van der Waals surface area contributed by atoms with Crippen molar-refractivity contribution in [1.29, 1.82) is 0 Å². The molecule has 1 aliphatic rings. The van der Waals surface area contributed by atoms with Crippen molar-refractivity contribution in [2.45, 2.75) is 45.5 Å². The predicted molar refractivity (Wildman–Crippen MR) is 120 cm³/mol. The summed E-state index contributed by atoms with van der Waals surface area (Å²) < 4.78 is 8.04. The van der Waals surface area contributed by atoms with Crippen molar-refractivity contribution in [2.75, 3.05) is 39.0 Å². The lowest BCUT2D eigenvalue weighted by atomic mass is 10.2. The molecule has 0 atom stereocenters. The molecule has 0 N–H and O–H groups in total. The molecule has 0 bridgehead atoms. The average molecular weight is 432 g/mol. The maximum atomic E-state index is 12.6. The average Bonchev–Trinajstić information content (AvgIpc) is 3.12. The molecule has 3 rings (SSSR count). The van der Waals surface area contributed by atoms with Crippen LogP contribution in [-0.2, 0) is 24.4 Å². The first kappa shape index (κ1) is 22.6. The zero-order valence-corrected chi connectivity index (χ0v) is 19.3. The van der Waals surface area contributed by atoms with Gasteiger partial charge in [-0.05, 0) is 37.1 Å². The number of aryl methyl sites for hydroxylation is 1. The van der Waals surface area contributed by atoms with E-state index in [2.05, 4.69) is 59.6 Å². The van der Waals surface area contributed by atoms with Crippen LogP contribution in [0.25, 0.3) is 0 Å².